The quantitative estimate of drug-likeness (QED) is 0.674. The number of Topliss-reactive ketones (excluding diaryl/α,β-unsaturated/α-hetero) is 1. The Kier molecular flexibility index (Phi) is 4.94. The van der Waals surface area contributed by atoms with Crippen molar-refractivity contribution in [2.45, 2.75) is 32.0 Å². The lowest BCUT2D eigenvalue weighted by Crippen LogP contribution is -2.42. The zero-order valence-electron chi connectivity index (χ0n) is 17.2. The van der Waals surface area contributed by atoms with Gasteiger partial charge in [-0.15, -0.1) is 6.58 Å². The lowest BCUT2D eigenvalue weighted by molar-refractivity contribution is -0.132. The van der Waals surface area contributed by atoms with Gasteiger partial charge in [-0.05, 0) is 25.0 Å². The molecule has 0 N–H and O–H groups in total. The molecule has 1 aromatic carbocycles. The Morgan fingerprint density at radius 3 is 2.69 bits per heavy atom. The summed E-state index contributed by atoms with van der Waals surface area (Å²) in [7, 11) is 4.62. The Labute approximate surface area is 170 Å². The number of allylic oxidation sites excluding steroid dienone is 2. The third-order valence-electron chi connectivity index (χ3n) is 6.30. The molecule has 29 heavy (non-hydrogen) atoms. The summed E-state index contributed by atoms with van der Waals surface area (Å²) in [6.07, 6.45) is 2.11. The molecule has 0 bridgehead atoms. The summed E-state index contributed by atoms with van der Waals surface area (Å²) < 4.78 is 34.0. The van der Waals surface area contributed by atoms with Gasteiger partial charge < -0.3 is 28.4 Å². The van der Waals surface area contributed by atoms with E-state index in [1.54, 1.807) is 14.2 Å². The second kappa shape index (κ2) is 7.30. The average Bonchev–Trinajstić information content (AvgIpc) is 3.31. The monoisotopic (exact) mass is 402 g/mol. The molecule has 2 aliphatic heterocycles. The first-order valence-corrected chi connectivity index (χ1v) is 9.61. The minimum Gasteiger partial charge on any atom is -0.493 e. The normalized spacial score (nSPS) is 30.1. The third kappa shape index (κ3) is 2.79. The molecule has 1 saturated heterocycles. The standard InChI is InChI=1S/C22H26O7/c1-6-7-22-10-16(25-4)17(23)20(26-5)21(22)29-18(12(22)2)13-8-14(24-3)19-15(9-13)27-11-28-19/h6,8-9,12,16,18H,1,7,10-11H2,2-5H3. The summed E-state index contributed by atoms with van der Waals surface area (Å²) in [5.41, 5.74) is 0.441. The fraction of sp³-hybridized carbons (Fsp3) is 0.500. The number of carbonyl (C=O) groups is 1. The molecule has 156 valence electrons. The van der Waals surface area contributed by atoms with Gasteiger partial charge in [0.25, 0.3) is 0 Å². The van der Waals surface area contributed by atoms with Crippen molar-refractivity contribution in [1.82, 2.24) is 0 Å². The minimum absolute atomic E-state index is 0.0245. The molecular weight excluding hydrogens is 376 g/mol. The van der Waals surface area contributed by atoms with Crippen molar-refractivity contribution in [2.24, 2.45) is 11.3 Å². The van der Waals surface area contributed by atoms with Gasteiger partial charge in [0.1, 0.15) is 18.0 Å². The summed E-state index contributed by atoms with van der Waals surface area (Å²) >= 11 is 0. The number of methoxy groups -OCH3 is 3. The van der Waals surface area contributed by atoms with E-state index in [2.05, 4.69) is 13.5 Å². The molecule has 1 aliphatic carbocycles. The largest absolute Gasteiger partial charge is 0.493 e. The predicted molar refractivity (Wildman–Crippen MR) is 104 cm³/mol. The molecular formula is C22H26O7. The van der Waals surface area contributed by atoms with Crippen molar-refractivity contribution >= 4 is 5.78 Å². The highest BCUT2D eigenvalue weighted by molar-refractivity contribution is 5.99. The summed E-state index contributed by atoms with van der Waals surface area (Å²) in [6, 6.07) is 3.81. The van der Waals surface area contributed by atoms with Gasteiger partial charge in [-0.1, -0.05) is 13.0 Å². The molecule has 4 rings (SSSR count). The average molecular weight is 402 g/mol. The molecule has 7 nitrogen and oxygen atoms in total. The molecule has 0 spiro atoms. The van der Waals surface area contributed by atoms with Gasteiger partial charge in [0.2, 0.25) is 24.1 Å². The number of hydrogen-bond donors (Lipinski definition) is 0. The van der Waals surface area contributed by atoms with E-state index in [1.165, 1.54) is 7.11 Å². The smallest absolute Gasteiger partial charge is 0.231 e. The highest BCUT2D eigenvalue weighted by Gasteiger charge is 2.58. The SMILES string of the molecule is C=CCC12CC(OC)C(=O)C(OC)=C1OC(c1cc(OC)c3c(c1)OCO3)C2C. The van der Waals surface area contributed by atoms with Crippen molar-refractivity contribution in [3.8, 4) is 17.2 Å². The molecule has 0 saturated carbocycles. The summed E-state index contributed by atoms with van der Waals surface area (Å²) in [4.78, 5) is 12.8. The van der Waals surface area contributed by atoms with E-state index < -0.39 is 11.5 Å². The van der Waals surface area contributed by atoms with Gasteiger partial charge in [0.15, 0.2) is 11.5 Å². The number of fused-ring (bicyclic) bond motifs is 2. The number of hydrogen-bond acceptors (Lipinski definition) is 7. The van der Waals surface area contributed by atoms with Crippen LogP contribution in [0.25, 0.3) is 0 Å². The van der Waals surface area contributed by atoms with Crippen LogP contribution in [0.1, 0.15) is 31.4 Å². The number of benzene rings is 1. The molecule has 4 atom stereocenters. The van der Waals surface area contributed by atoms with Crippen molar-refractivity contribution < 1.29 is 33.2 Å². The van der Waals surface area contributed by atoms with Crippen molar-refractivity contribution in [1.29, 1.82) is 0 Å². The maximum atomic E-state index is 12.8. The molecule has 3 aliphatic rings. The Balaban J connectivity index is 1.83. The second-order valence-corrected chi connectivity index (χ2v) is 7.59. The Morgan fingerprint density at radius 2 is 2.03 bits per heavy atom. The van der Waals surface area contributed by atoms with Crippen molar-refractivity contribution in [2.75, 3.05) is 28.1 Å². The summed E-state index contributed by atoms with van der Waals surface area (Å²) in [5, 5.41) is 0. The molecule has 2 heterocycles. The van der Waals surface area contributed by atoms with E-state index in [-0.39, 0.29) is 30.4 Å². The van der Waals surface area contributed by atoms with Gasteiger partial charge in [-0.2, -0.15) is 0 Å². The molecule has 0 aromatic heterocycles. The molecule has 0 amide bonds. The fourth-order valence-corrected chi connectivity index (χ4v) is 4.76. The molecule has 0 radical (unpaired) electrons. The van der Waals surface area contributed by atoms with Crippen LogP contribution in [-0.4, -0.2) is 40.0 Å². The summed E-state index contributed by atoms with van der Waals surface area (Å²) in [6.45, 7) is 6.21. The van der Waals surface area contributed by atoms with Crippen LogP contribution in [0.3, 0.4) is 0 Å². The van der Waals surface area contributed by atoms with Crippen LogP contribution in [-0.2, 0) is 19.0 Å². The third-order valence-corrected chi connectivity index (χ3v) is 6.30. The zero-order valence-corrected chi connectivity index (χ0v) is 17.2. The van der Waals surface area contributed by atoms with Crippen molar-refractivity contribution in [3.05, 3.63) is 41.9 Å². The Bertz CT molecular complexity index is 874. The number of ketones is 1. The first-order valence-electron chi connectivity index (χ1n) is 9.61. The highest BCUT2D eigenvalue weighted by atomic mass is 16.7. The Morgan fingerprint density at radius 1 is 1.24 bits per heavy atom. The van der Waals surface area contributed by atoms with Crippen LogP contribution in [0.15, 0.2) is 36.3 Å². The zero-order chi connectivity index (χ0) is 20.8. The maximum Gasteiger partial charge on any atom is 0.231 e. The van der Waals surface area contributed by atoms with Crippen LogP contribution >= 0.6 is 0 Å². The maximum absolute atomic E-state index is 12.8. The van der Waals surface area contributed by atoms with Crippen LogP contribution in [0.5, 0.6) is 17.2 Å². The van der Waals surface area contributed by atoms with E-state index in [1.807, 2.05) is 18.2 Å². The predicted octanol–water partition coefficient (Wildman–Crippen LogP) is 3.54. The van der Waals surface area contributed by atoms with Gasteiger partial charge in [0.05, 0.1) is 14.2 Å². The van der Waals surface area contributed by atoms with E-state index >= 15 is 0 Å². The Hall–Kier alpha value is -2.67. The second-order valence-electron chi connectivity index (χ2n) is 7.59. The molecule has 7 heteroatoms. The number of carbonyl (C=O) groups excluding carboxylic acids is 1. The van der Waals surface area contributed by atoms with Crippen LogP contribution < -0.4 is 14.2 Å². The first kappa shape index (κ1) is 19.6. The topological polar surface area (TPSA) is 72.5 Å². The van der Waals surface area contributed by atoms with Gasteiger partial charge in [-0.25, -0.2) is 0 Å². The van der Waals surface area contributed by atoms with E-state index in [4.69, 9.17) is 28.4 Å². The van der Waals surface area contributed by atoms with Gasteiger partial charge in [0, 0.05) is 24.0 Å². The first-order chi connectivity index (χ1) is 14.0. The van der Waals surface area contributed by atoms with Crippen molar-refractivity contribution in [3.63, 3.8) is 0 Å². The van der Waals surface area contributed by atoms with E-state index in [0.717, 1.165) is 5.56 Å². The lowest BCUT2D eigenvalue weighted by atomic mass is 9.65. The van der Waals surface area contributed by atoms with Crippen LogP contribution in [0.2, 0.25) is 0 Å². The molecule has 1 fully saturated rings. The number of rotatable bonds is 6. The lowest BCUT2D eigenvalue weighted by Gasteiger charge is -2.38. The summed E-state index contributed by atoms with van der Waals surface area (Å²) in [5.74, 6) is 2.43. The van der Waals surface area contributed by atoms with Crippen LogP contribution in [0.4, 0.5) is 0 Å². The van der Waals surface area contributed by atoms with Crippen LogP contribution in [0, 0.1) is 11.3 Å². The molecule has 4 unspecified atom stereocenters. The highest BCUT2D eigenvalue weighted by Crippen LogP contribution is 2.61. The fourth-order valence-electron chi connectivity index (χ4n) is 4.76. The molecule has 1 aromatic rings. The van der Waals surface area contributed by atoms with Gasteiger partial charge >= 0.3 is 0 Å². The van der Waals surface area contributed by atoms with Gasteiger partial charge in [-0.3, -0.25) is 4.79 Å². The van der Waals surface area contributed by atoms with E-state index in [9.17, 15) is 4.79 Å². The number of ether oxygens (including phenoxy) is 6. The minimum atomic E-state index is -0.579. The van der Waals surface area contributed by atoms with E-state index in [0.29, 0.717) is 35.8 Å².